The van der Waals surface area contributed by atoms with Gasteiger partial charge in [-0.3, -0.25) is 47.9 Å². The zero-order valence-electron chi connectivity index (χ0n) is 68.6. The molecule has 13 rings (SSSR count). The van der Waals surface area contributed by atoms with Crippen molar-refractivity contribution < 1.29 is 111 Å². The number of methoxy groups -OCH3 is 1. The van der Waals surface area contributed by atoms with Crippen LogP contribution in [-0.2, 0) is 95.3 Å². The maximum atomic E-state index is 15.0. The van der Waals surface area contributed by atoms with Crippen molar-refractivity contribution in [1.82, 2.24) is 0 Å². The van der Waals surface area contributed by atoms with E-state index in [4.69, 9.17) is 47.4 Å². The first-order valence-electron chi connectivity index (χ1n) is 40.8. The van der Waals surface area contributed by atoms with E-state index in [1.807, 2.05) is 13.8 Å². The second-order valence-corrected chi connectivity index (χ2v) is 41.6. The Hall–Kier alpha value is -5.42. The normalized spacial score (nSPS) is 38.6. The molecule has 108 heavy (non-hydrogen) atoms. The van der Waals surface area contributed by atoms with Crippen LogP contribution in [0.2, 0.25) is 0 Å². The number of aliphatic hydroxyl groups excluding tert-OH is 1. The van der Waals surface area contributed by atoms with E-state index in [1.165, 1.54) is 32.8 Å². The van der Waals surface area contributed by atoms with Crippen molar-refractivity contribution in [3.8, 4) is 0 Å². The van der Waals surface area contributed by atoms with E-state index in [0.717, 1.165) is 44.9 Å². The lowest BCUT2D eigenvalue weighted by molar-refractivity contribution is -0.202. The molecule has 13 aliphatic rings. The highest BCUT2D eigenvalue weighted by atomic mass is 16.6. The molecule has 0 radical (unpaired) electrons. The van der Waals surface area contributed by atoms with Gasteiger partial charge in [0.1, 0.15) is 40.7 Å². The third kappa shape index (κ3) is 15.3. The van der Waals surface area contributed by atoms with Crippen LogP contribution in [-0.4, -0.2) is 154 Å². The Balaban J connectivity index is 0.000000215. The van der Waals surface area contributed by atoms with Gasteiger partial charge in [0.25, 0.3) is 0 Å². The van der Waals surface area contributed by atoms with Crippen LogP contribution in [0.1, 0.15) is 267 Å². The summed E-state index contributed by atoms with van der Waals surface area (Å²) in [6.07, 6.45) is 7.44. The van der Waals surface area contributed by atoms with Gasteiger partial charge in [0.05, 0.1) is 80.6 Å². The predicted octanol–water partition coefficient (Wildman–Crippen LogP) is 13.2. The number of cyclic esters (lactones) is 2. The number of aliphatic hydroxyl groups is 1. The molecule has 4 saturated heterocycles. The van der Waals surface area contributed by atoms with Crippen LogP contribution in [0.5, 0.6) is 0 Å². The third-order valence-corrected chi connectivity index (χ3v) is 29.6. The summed E-state index contributed by atoms with van der Waals surface area (Å²) < 4.78 is 60.3. The predicted molar refractivity (Wildman–Crippen MR) is 392 cm³/mol. The van der Waals surface area contributed by atoms with E-state index >= 15 is 9.59 Å². The zero-order valence-corrected chi connectivity index (χ0v) is 68.6. The number of esters is 8. The maximum absolute atomic E-state index is 15.0. The Morgan fingerprint density at radius 1 is 0.435 bits per heavy atom. The van der Waals surface area contributed by atoms with E-state index in [9.17, 15) is 53.7 Å². The zero-order chi connectivity index (χ0) is 79.9. The van der Waals surface area contributed by atoms with Gasteiger partial charge in [-0.1, -0.05) is 26.7 Å². The molecule has 13 fully saturated rings. The summed E-state index contributed by atoms with van der Waals surface area (Å²) in [5.41, 5.74) is -14.3. The van der Waals surface area contributed by atoms with Crippen LogP contribution in [0.25, 0.3) is 0 Å². The molecule has 608 valence electrons. The van der Waals surface area contributed by atoms with Gasteiger partial charge in [0, 0.05) is 36.7 Å². The first-order valence-corrected chi connectivity index (χ1v) is 40.8. The third-order valence-electron chi connectivity index (χ3n) is 29.6. The topological polar surface area (TPSA) is 324 Å². The van der Waals surface area contributed by atoms with Gasteiger partial charge in [-0.2, -0.15) is 0 Å². The van der Waals surface area contributed by atoms with Gasteiger partial charge in [0.15, 0.2) is 6.10 Å². The number of carboxylic acid groups (broad SMARTS) is 2. The Morgan fingerprint density at radius 3 is 1.22 bits per heavy atom. The van der Waals surface area contributed by atoms with Crippen LogP contribution < -0.4 is 0 Å². The number of aliphatic carboxylic acids is 2. The molecule has 0 aromatic carbocycles. The molecule has 4 heterocycles. The summed E-state index contributed by atoms with van der Waals surface area (Å²) in [4.78, 5) is 138. The van der Waals surface area contributed by atoms with Crippen LogP contribution in [0.3, 0.4) is 0 Å². The monoisotopic (exact) mass is 1520 g/mol. The van der Waals surface area contributed by atoms with Crippen LogP contribution in [0.4, 0.5) is 0 Å². The van der Waals surface area contributed by atoms with E-state index in [1.54, 1.807) is 125 Å². The minimum Gasteiger partial charge on any atom is -0.481 e. The summed E-state index contributed by atoms with van der Waals surface area (Å²) in [6, 6.07) is 0. The molecule has 0 aromatic heterocycles. The number of rotatable bonds is 27. The largest absolute Gasteiger partial charge is 0.481 e. The highest BCUT2D eigenvalue weighted by Crippen LogP contribution is 2.66. The molecule has 28 unspecified atom stereocenters. The van der Waals surface area contributed by atoms with Gasteiger partial charge in [-0.25, -0.2) is 0 Å². The molecular weight excluding hydrogens is 1390 g/mol. The lowest BCUT2D eigenvalue weighted by atomic mass is 9.57. The van der Waals surface area contributed by atoms with Crippen molar-refractivity contribution in [3.05, 3.63) is 0 Å². The summed E-state index contributed by atoms with van der Waals surface area (Å²) in [5.74, 6) is -4.28. The van der Waals surface area contributed by atoms with Gasteiger partial charge < -0.3 is 62.7 Å². The van der Waals surface area contributed by atoms with E-state index in [-0.39, 0.29) is 112 Å². The van der Waals surface area contributed by atoms with E-state index in [0.29, 0.717) is 41.9 Å². The van der Waals surface area contributed by atoms with Crippen molar-refractivity contribution >= 4 is 59.7 Å². The molecule has 28 atom stereocenters. The number of hydrogen-bond donors (Lipinski definition) is 3. The quantitative estimate of drug-likeness (QED) is 0.0508. The van der Waals surface area contributed by atoms with Crippen molar-refractivity contribution in [2.75, 3.05) is 20.3 Å². The SMILES string of the molecule is CCC(C)(CC(C)(CC(C)(CC(C)(C)C(=O)OC1C(O)C2CCC1C1C(=O)OCC21)C(=O)OC1(C)CC2CC1C1CCCC21)C(=O)OC(C)(C)C)C(=O)O.CCC(C)(CC(C)(CC(C)(CC(C)(C)C(=O)OC1C(OC)C2OC1C1C(=O)OCC21)C(=O)OC1(C)CC2CC1C1CCCC21)C(=O)OC(C)(C)C)C(=O)O. The lowest BCUT2D eigenvalue weighted by Gasteiger charge is -2.51. The summed E-state index contributed by atoms with van der Waals surface area (Å²) in [7, 11) is 1.52. The number of ether oxygens (including phenoxy) is 10. The van der Waals surface area contributed by atoms with Crippen LogP contribution >= 0.6 is 0 Å². The summed E-state index contributed by atoms with van der Waals surface area (Å²) in [5, 5.41) is 32.2. The molecule has 0 amide bonds. The number of hydrogen-bond acceptors (Lipinski definition) is 21. The fourth-order valence-electron chi connectivity index (χ4n) is 24.8. The molecule has 3 N–H and O–H groups in total. The van der Waals surface area contributed by atoms with Crippen molar-refractivity contribution in [2.24, 2.45) is 126 Å². The Kier molecular flexibility index (Phi) is 22.3. The summed E-state index contributed by atoms with van der Waals surface area (Å²) in [6.45, 7) is 35.4. The van der Waals surface area contributed by atoms with Crippen molar-refractivity contribution in [1.29, 1.82) is 0 Å². The molecular formula is C85H130O23. The highest BCUT2D eigenvalue weighted by Gasteiger charge is 2.70. The van der Waals surface area contributed by atoms with Crippen molar-refractivity contribution in [2.45, 2.75) is 326 Å². The van der Waals surface area contributed by atoms with E-state index < -0.39 is 162 Å². The molecule has 0 aromatic rings. The molecule has 23 heteroatoms. The number of carbonyl (C=O) groups is 10. The first kappa shape index (κ1) is 83.5. The van der Waals surface area contributed by atoms with Gasteiger partial charge in [0.2, 0.25) is 0 Å². The second-order valence-electron chi connectivity index (χ2n) is 41.6. The maximum Gasteiger partial charge on any atom is 0.312 e. The highest BCUT2D eigenvalue weighted by molar-refractivity contribution is 5.86. The van der Waals surface area contributed by atoms with Gasteiger partial charge in [-0.05, 0) is 282 Å². The van der Waals surface area contributed by atoms with Gasteiger partial charge in [-0.15, -0.1) is 0 Å². The second kappa shape index (κ2) is 28.9. The Bertz CT molecular complexity index is 3340. The number of fused-ring (bicyclic) bond motifs is 17. The minimum atomic E-state index is -1.47. The van der Waals surface area contributed by atoms with Crippen molar-refractivity contribution in [3.63, 3.8) is 0 Å². The molecule has 0 spiro atoms. The lowest BCUT2D eigenvalue weighted by Crippen LogP contribution is -2.59. The van der Waals surface area contributed by atoms with Crippen LogP contribution in [0, 0.1) is 126 Å². The first-order chi connectivity index (χ1) is 49.8. The molecule has 4 aliphatic heterocycles. The van der Waals surface area contributed by atoms with Gasteiger partial charge >= 0.3 is 59.7 Å². The molecule has 9 aliphatic carbocycles. The van der Waals surface area contributed by atoms with Crippen LogP contribution in [0.15, 0.2) is 0 Å². The standard InChI is InChI=1S/C43H66O11.C42H64O12/c1-11-40(7,34(46)47)21-42(9,36(49)53-38(2,3)4)22-41(8,37(50)54-43(10)18-23-17-29(43)25-14-12-13-24(23)25)20-39(5,6)35(48)52-32-27-16-15-26(31(32)44)28-19-51-33(45)30(27)28;1-12-39(7,33(44)45)20-41(9,35(47)53-37(2,3)4)21-40(8,36(48)54-42(10)17-22-16-26(42)24-15-13-14-23(22)24)19-38(5,6)34(46)52-31-29-27-25(18-50-32(27)43)28(51-29)30(31)49-11/h23-32,44H,11-22H2,1-10H3,(H,46,47);22-31H,12-21H2,1-11H3,(H,44,45). The number of carbonyl (C=O) groups excluding carboxylic acids is 8. The Labute approximate surface area is 639 Å². The molecule has 23 nitrogen and oxygen atoms in total. The average Bonchev–Trinajstić information content (AvgIpc) is 1.58. The fourth-order valence-corrected chi connectivity index (χ4v) is 24.8. The van der Waals surface area contributed by atoms with E-state index in [2.05, 4.69) is 0 Å². The minimum absolute atomic E-state index is 0.0738. The smallest absolute Gasteiger partial charge is 0.312 e. The molecule has 8 bridgehead atoms. The number of carboxylic acids is 2. The fraction of sp³-hybridized carbons (Fsp3) is 0.882. The average molecular weight is 1520 g/mol. The molecule has 9 saturated carbocycles. The Morgan fingerprint density at radius 2 is 0.815 bits per heavy atom. The summed E-state index contributed by atoms with van der Waals surface area (Å²) >= 11 is 0.